The monoisotopic (exact) mass is 200 g/mol. The predicted octanol–water partition coefficient (Wildman–Crippen LogP) is 1.62. The van der Waals surface area contributed by atoms with E-state index in [1.807, 2.05) is 12.1 Å². The van der Waals surface area contributed by atoms with E-state index < -0.39 is 11.9 Å². The van der Waals surface area contributed by atoms with Crippen molar-refractivity contribution in [2.24, 2.45) is 0 Å². The van der Waals surface area contributed by atoms with Gasteiger partial charge in [-0.25, -0.2) is 0 Å². The minimum atomic E-state index is -0.978. The lowest BCUT2D eigenvalue weighted by molar-refractivity contribution is -0.138. The van der Waals surface area contributed by atoms with E-state index >= 15 is 0 Å². The first-order chi connectivity index (χ1) is 7.08. The summed E-state index contributed by atoms with van der Waals surface area (Å²) < 4.78 is 0. The normalized spacial score (nSPS) is 11.1. The molecule has 0 aliphatic rings. The van der Waals surface area contributed by atoms with Crippen molar-refractivity contribution >= 4 is 5.97 Å². The third-order valence-electron chi connectivity index (χ3n) is 2.08. The summed E-state index contributed by atoms with van der Waals surface area (Å²) in [6.45, 7) is 1.51. The van der Waals surface area contributed by atoms with Gasteiger partial charge in [0, 0.05) is 0 Å². The second-order valence-corrected chi connectivity index (χ2v) is 3.13. The highest BCUT2D eigenvalue weighted by Crippen LogP contribution is 2.18. The first kappa shape index (κ1) is 10.7. The lowest BCUT2D eigenvalue weighted by Crippen LogP contribution is -2.07. The predicted molar refractivity (Wildman–Crippen MR) is 51.9 cm³/mol. The SMILES string of the molecule is CC(C(=O)O)c1cc(C#N)cc(C#N)c1. The average Bonchev–Trinajstić information content (AvgIpc) is 2.27. The van der Waals surface area contributed by atoms with E-state index in [0.29, 0.717) is 16.7 Å². The zero-order valence-electron chi connectivity index (χ0n) is 8.06. The Bertz CT molecular complexity index is 448. The Kier molecular flexibility index (Phi) is 3.05. The highest BCUT2D eigenvalue weighted by atomic mass is 16.4. The molecule has 0 aliphatic carbocycles. The zero-order valence-corrected chi connectivity index (χ0v) is 8.06. The fourth-order valence-corrected chi connectivity index (χ4v) is 1.17. The van der Waals surface area contributed by atoms with Crippen molar-refractivity contribution in [1.29, 1.82) is 10.5 Å². The average molecular weight is 200 g/mol. The molecule has 1 rings (SSSR count). The minimum absolute atomic E-state index is 0.303. The van der Waals surface area contributed by atoms with Crippen LogP contribution in [0.2, 0.25) is 0 Å². The Morgan fingerprint density at radius 3 is 2.07 bits per heavy atom. The van der Waals surface area contributed by atoms with Crippen LogP contribution < -0.4 is 0 Å². The van der Waals surface area contributed by atoms with E-state index in [4.69, 9.17) is 15.6 Å². The maximum absolute atomic E-state index is 10.7. The van der Waals surface area contributed by atoms with E-state index in [1.54, 1.807) is 0 Å². The van der Waals surface area contributed by atoms with Gasteiger partial charge in [0.1, 0.15) is 0 Å². The second kappa shape index (κ2) is 4.26. The molecule has 1 atom stereocenters. The van der Waals surface area contributed by atoms with E-state index in [1.165, 1.54) is 25.1 Å². The Balaban J connectivity index is 3.27. The van der Waals surface area contributed by atoms with Gasteiger partial charge in [-0.1, -0.05) is 0 Å². The van der Waals surface area contributed by atoms with Crippen LogP contribution in [0.5, 0.6) is 0 Å². The number of carbonyl (C=O) groups is 1. The molecule has 0 aliphatic heterocycles. The van der Waals surface area contributed by atoms with Gasteiger partial charge in [0.2, 0.25) is 0 Å². The standard InChI is InChI=1S/C11H8N2O2/c1-7(11(14)15)10-3-8(5-12)2-9(4-10)6-13/h2-4,7H,1H3,(H,14,15). The fourth-order valence-electron chi connectivity index (χ4n) is 1.17. The van der Waals surface area contributed by atoms with Crippen LogP contribution >= 0.6 is 0 Å². The smallest absolute Gasteiger partial charge is 0.310 e. The summed E-state index contributed by atoms with van der Waals surface area (Å²) in [6, 6.07) is 8.18. The molecule has 0 amide bonds. The largest absolute Gasteiger partial charge is 0.481 e. The highest BCUT2D eigenvalue weighted by Gasteiger charge is 2.15. The lowest BCUT2D eigenvalue weighted by Gasteiger charge is -2.06. The molecule has 0 heterocycles. The fraction of sp³-hybridized carbons (Fsp3) is 0.182. The van der Waals surface area contributed by atoms with Crippen molar-refractivity contribution in [3.8, 4) is 12.1 Å². The number of carboxylic acids is 1. The van der Waals surface area contributed by atoms with Gasteiger partial charge in [-0.3, -0.25) is 4.79 Å². The van der Waals surface area contributed by atoms with E-state index in [-0.39, 0.29) is 0 Å². The van der Waals surface area contributed by atoms with Crippen LogP contribution in [0.1, 0.15) is 29.5 Å². The van der Waals surface area contributed by atoms with Gasteiger partial charge in [-0.2, -0.15) is 10.5 Å². The topological polar surface area (TPSA) is 84.9 Å². The Labute approximate surface area is 87.0 Å². The van der Waals surface area contributed by atoms with Gasteiger partial charge < -0.3 is 5.11 Å². The van der Waals surface area contributed by atoms with Gasteiger partial charge in [0.25, 0.3) is 0 Å². The van der Waals surface area contributed by atoms with Crippen molar-refractivity contribution in [2.75, 3.05) is 0 Å². The lowest BCUT2D eigenvalue weighted by atomic mass is 9.97. The van der Waals surface area contributed by atoms with E-state index in [9.17, 15) is 4.79 Å². The molecule has 0 bridgehead atoms. The molecular weight excluding hydrogens is 192 g/mol. The number of hydrogen-bond acceptors (Lipinski definition) is 3. The van der Waals surface area contributed by atoms with Crippen LogP contribution in [-0.2, 0) is 4.79 Å². The molecule has 1 N–H and O–H groups in total. The summed E-state index contributed by atoms with van der Waals surface area (Å²) in [7, 11) is 0. The third-order valence-corrected chi connectivity index (χ3v) is 2.08. The van der Waals surface area contributed by atoms with E-state index in [0.717, 1.165) is 0 Å². The van der Waals surface area contributed by atoms with Gasteiger partial charge >= 0.3 is 5.97 Å². The molecule has 4 heteroatoms. The molecular formula is C11H8N2O2. The molecule has 0 radical (unpaired) electrons. The molecule has 1 unspecified atom stereocenters. The van der Waals surface area contributed by atoms with Crippen molar-refractivity contribution < 1.29 is 9.90 Å². The Morgan fingerprint density at radius 1 is 1.27 bits per heavy atom. The summed E-state index contributed by atoms with van der Waals surface area (Å²) in [6.07, 6.45) is 0. The molecule has 1 aromatic rings. The maximum atomic E-state index is 10.7. The Hall–Kier alpha value is -2.33. The van der Waals surface area contributed by atoms with Crippen molar-refractivity contribution in [2.45, 2.75) is 12.8 Å². The second-order valence-electron chi connectivity index (χ2n) is 3.13. The van der Waals surface area contributed by atoms with Gasteiger partial charge in [-0.05, 0) is 30.7 Å². The molecule has 0 saturated carbocycles. The summed E-state index contributed by atoms with van der Waals surface area (Å²) in [5, 5.41) is 26.2. The van der Waals surface area contributed by atoms with Crippen molar-refractivity contribution in [3.05, 3.63) is 34.9 Å². The van der Waals surface area contributed by atoms with Crippen molar-refractivity contribution in [3.63, 3.8) is 0 Å². The highest BCUT2D eigenvalue weighted by molar-refractivity contribution is 5.76. The van der Waals surface area contributed by atoms with Crippen LogP contribution in [0.15, 0.2) is 18.2 Å². The number of aliphatic carboxylic acids is 1. The van der Waals surface area contributed by atoms with Gasteiger partial charge in [0.15, 0.2) is 0 Å². The van der Waals surface area contributed by atoms with Crippen LogP contribution in [0.25, 0.3) is 0 Å². The molecule has 15 heavy (non-hydrogen) atoms. The minimum Gasteiger partial charge on any atom is -0.481 e. The maximum Gasteiger partial charge on any atom is 0.310 e. The molecule has 0 aromatic heterocycles. The molecule has 0 saturated heterocycles. The van der Waals surface area contributed by atoms with Crippen LogP contribution in [-0.4, -0.2) is 11.1 Å². The molecule has 74 valence electrons. The molecule has 4 nitrogen and oxygen atoms in total. The van der Waals surface area contributed by atoms with Crippen LogP contribution in [0.3, 0.4) is 0 Å². The first-order valence-electron chi connectivity index (χ1n) is 4.26. The number of hydrogen-bond donors (Lipinski definition) is 1. The molecule has 0 spiro atoms. The number of nitrogens with zero attached hydrogens (tertiary/aromatic N) is 2. The quantitative estimate of drug-likeness (QED) is 0.785. The number of carboxylic acid groups (broad SMARTS) is 1. The summed E-state index contributed by atoms with van der Waals surface area (Å²) in [5.74, 6) is -1.70. The summed E-state index contributed by atoms with van der Waals surface area (Å²) >= 11 is 0. The number of rotatable bonds is 2. The number of benzene rings is 1. The number of nitriles is 2. The zero-order chi connectivity index (χ0) is 11.4. The van der Waals surface area contributed by atoms with Crippen LogP contribution in [0.4, 0.5) is 0 Å². The molecule has 1 aromatic carbocycles. The van der Waals surface area contributed by atoms with Crippen molar-refractivity contribution in [1.82, 2.24) is 0 Å². The van der Waals surface area contributed by atoms with Gasteiger partial charge in [-0.15, -0.1) is 0 Å². The Morgan fingerprint density at radius 2 is 1.73 bits per heavy atom. The van der Waals surface area contributed by atoms with Gasteiger partial charge in [0.05, 0.1) is 29.2 Å². The van der Waals surface area contributed by atoms with E-state index in [2.05, 4.69) is 0 Å². The first-order valence-corrected chi connectivity index (χ1v) is 4.26. The third kappa shape index (κ3) is 2.32. The molecule has 0 fully saturated rings. The van der Waals surface area contributed by atoms with Crippen LogP contribution in [0, 0.1) is 22.7 Å². The summed E-state index contributed by atoms with van der Waals surface area (Å²) in [4.78, 5) is 10.7. The summed E-state index contributed by atoms with van der Waals surface area (Å²) in [5.41, 5.74) is 1.08.